The van der Waals surface area contributed by atoms with Crippen LogP contribution >= 0.6 is 0 Å². The zero-order chi connectivity index (χ0) is 12.2. The Morgan fingerprint density at radius 2 is 2.06 bits per heavy atom. The molecule has 0 aliphatic heterocycles. The maximum absolute atomic E-state index is 10.6. The molecule has 16 heavy (non-hydrogen) atoms. The van der Waals surface area contributed by atoms with Crippen molar-refractivity contribution in [3.63, 3.8) is 0 Å². The summed E-state index contributed by atoms with van der Waals surface area (Å²) in [5.74, 6) is -0.618. The molecule has 0 saturated carbocycles. The second-order valence-corrected chi connectivity index (χ2v) is 4.68. The second kappa shape index (κ2) is 4.99. The van der Waals surface area contributed by atoms with Crippen LogP contribution in [-0.2, 0) is 0 Å². The van der Waals surface area contributed by atoms with Crippen molar-refractivity contribution in [3.05, 3.63) is 29.8 Å². The highest BCUT2D eigenvalue weighted by atomic mass is 16.5. The van der Waals surface area contributed by atoms with Crippen LogP contribution < -0.4 is 9.84 Å². The summed E-state index contributed by atoms with van der Waals surface area (Å²) >= 11 is 0. The molecular weight excluding hydrogens is 206 g/mol. The van der Waals surface area contributed by atoms with Gasteiger partial charge >= 0.3 is 0 Å². The van der Waals surface area contributed by atoms with E-state index in [1.54, 1.807) is 12.1 Å². The van der Waals surface area contributed by atoms with Gasteiger partial charge in [-0.15, -0.1) is 0 Å². The van der Waals surface area contributed by atoms with Crippen molar-refractivity contribution in [2.24, 2.45) is 0 Å². The van der Waals surface area contributed by atoms with Crippen LogP contribution in [0.15, 0.2) is 24.3 Å². The SMILES string of the molecule is C[N+](C)(C)CCOc1cccc(C(=O)[O-])c1. The first-order valence-electron chi connectivity index (χ1n) is 5.13. The molecule has 0 aromatic heterocycles. The van der Waals surface area contributed by atoms with E-state index in [-0.39, 0.29) is 5.56 Å². The molecule has 0 saturated heterocycles. The summed E-state index contributed by atoms with van der Waals surface area (Å²) in [5.41, 5.74) is 0.141. The van der Waals surface area contributed by atoms with Crippen LogP contribution in [0.5, 0.6) is 5.75 Å². The van der Waals surface area contributed by atoms with E-state index in [9.17, 15) is 9.90 Å². The molecule has 4 nitrogen and oxygen atoms in total. The molecule has 0 unspecified atom stereocenters. The van der Waals surface area contributed by atoms with Crippen LogP contribution in [0.3, 0.4) is 0 Å². The summed E-state index contributed by atoms with van der Waals surface area (Å²) in [6, 6.07) is 6.35. The number of benzene rings is 1. The first kappa shape index (κ1) is 12.5. The number of rotatable bonds is 5. The summed E-state index contributed by atoms with van der Waals surface area (Å²) in [5, 5.41) is 10.6. The minimum atomic E-state index is -1.18. The standard InChI is InChI=1S/C12H17NO3/c1-13(2,3)7-8-16-11-6-4-5-10(9-11)12(14)15/h4-6,9H,7-8H2,1-3H3. The van der Waals surface area contributed by atoms with Crippen molar-refractivity contribution >= 4 is 5.97 Å². The first-order chi connectivity index (χ1) is 7.38. The number of ether oxygens (including phenoxy) is 1. The smallest absolute Gasteiger partial charge is 0.137 e. The number of hydrogen-bond donors (Lipinski definition) is 0. The van der Waals surface area contributed by atoms with E-state index in [2.05, 4.69) is 21.1 Å². The van der Waals surface area contributed by atoms with Crippen molar-refractivity contribution in [2.75, 3.05) is 34.3 Å². The summed E-state index contributed by atoms with van der Waals surface area (Å²) in [4.78, 5) is 10.6. The van der Waals surface area contributed by atoms with Crippen LogP contribution in [0.4, 0.5) is 0 Å². The number of nitrogens with zero attached hydrogens (tertiary/aromatic N) is 1. The summed E-state index contributed by atoms with van der Waals surface area (Å²) in [6.07, 6.45) is 0. The Balaban J connectivity index is 2.55. The fourth-order valence-electron chi connectivity index (χ4n) is 1.15. The van der Waals surface area contributed by atoms with Gasteiger partial charge in [0.05, 0.1) is 27.1 Å². The summed E-state index contributed by atoms with van der Waals surface area (Å²) in [7, 11) is 6.21. The number of carboxylic acids is 1. The van der Waals surface area contributed by atoms with Gasteiger partial charge in [-0.3, -0.25) is 0 Å². The molecule has 0 fully saturated rings. The molecule has 0 atom stereocenters. The van der Waals surface area contributed by atoms with E-state index in [1.807, 2.05) is 0 Å². The van der Waals surface area contributed by atoms with Crippen molar-refractivity contribution < 1.29 is 19.1 Å². The molecule has 0 N–H and O–H groups in total. The van der Waals surface area contributed by atoms with E-state index < -0.39 is 5.97 Å². The van der Waals surface area contributed by atoms with Gasteiger partial charge in [0.25, 0.3) is 0 Å². The molecule has 88 valence electrons. The van der Waals surface area contributed by atoms with Crippen LogP contribution in [0.1, 0.15) is 10.4 Å². The number of aromatic carboxylic acids is 1. The lowest BCUT2D eigenvalue weighted by Crippen LogP contribution is -2.38. The number of carboxylic acid groups (broad SMARTS) is 1. The highest BCUT2D eigenvalue weighted by Crippen LogP contribution is 2.12. The lowest BCUT2D eigenvalue weighted by atomic mass is 10.2. The van der Waals surface area contributed by atoms with Gasteiger partial charge in [-0.2, -0.15) is 0 Å². The predicted octanol–water partition coefficient (Wildman–Crippen LogP) is 0.135. The van der Waals surface area contributed by atoms with Gasteiger partial charge in [0.15, 0.2) is 0 Å². The largest absolute Gasteiger partial charge is 0.545 e. The Kier molecular flexibility index (Phi) is 3.90. The van der Waals surface area contributed by atoms with Crippen LogP contribution in [0.2, 0.25) is 0 Å². The second-order valence-electron chi connectivity index (χ2n) is 4.68. The average molecular weight is 223 g/mol. The van der Waals surface area contributed by atoms with Crippen molar-refractivity contribution in [2.45, 2.75) is 0 Å². The third-order valence-electron chi connectivity index (χ3n) is 2.10. The average Bonchev–Trinajstić information content (AvgIpc) is 2.16. The first-order valence-corrected chi connectivity index (χ1v) is 5.13. The molecule has 0 bridgehead atoms. The Morgan fingerprint density at radius 3 is 2.62 bits per heavy atom. The van der Waals surface area contributed by atoms with E-state index in [0.29, 0.717) is 12.4 Å². The zero-order valence-electron chi connectivity index (χ0n) is 9.90. The lowest BCUT2D eigenvalue weighted by Gasteiger charge is -2.23. The molecule has 1 aromatic rings. The van der Waals surface area contributed by atoms with Gasteiger partial charge in [0.1, 0.15) is 18.9 Å². The predicted molar refractivity (Wildman–Crippen MR) is 59.2 cm³/mol. The fourth-order valence-corrected chi connectivity index (χ4v) is 1.15. The summed E-state index contributed by atoms with van der Waals surface area (Å²) < 4.78 is 6.27. The van der Waals surface area contributed by atoms with Crippen LogP contribution in [0, 0.1) is 0 Å². The molecule has 1 rings (SSSR count). The van der Waals surface area contributed by atoms with Crippen molar-refractivity contribution in [1.29, 1.82) is 0 Å². The number of quaternary nitrogens is 1. The molecular formula is C12H17NO3. The maximum atomic E-state index is 10.6. The number of carbonyl (C=O) groups is 1. The lowest BCUT2D eigenvalue weighted by molar-refractivity contribution is -0.870. The van der Waals surface area contributed by atoms with Gasteiger partial charge in [-0.25, -0.2) is 0 Å². The number of likely N-dealkylation sites (N-methyl/N-ethyl adjacent to an activating group) is 1. The third-order valence-corrected chi connectivity index (χ3v) is 2.10. The van der Waals surface area contributed by atoms with E-state index in [0.717, 1.165) is 11.0 Å². The molecule has 0 radical (unpaired) electrons. The molecule has 4 heteroatoms. The third kappa shape index (κ3) is 4.31. The quantitative estimate of drug-likeness (QED) is 0.667. The fraction of sp³-hybridized carbons (Fsp3) is 0.417. The topological polar surface area (TPSA) is 49.4 Å². The Hall–Kier alpha value is -1.55. The van der Waals surface area contributed by atoms with Crippen molar-refractivity contribution in [3.8, 4) is 5.75 Å². The highest BCUT2D eigenvalue weighted by Gasteiger charge is 2.06. The van der Waals surface area contributed by atoms with Crippen LogP contribution in [0.25, 0.3) is 0 Å². The molecule has 0 heterocycles. The molecule has 0 amide bonds. The van der Waals surface area contributed by atoms with Gasteiger partial charge in [-0.1, -0.05) is 12.1 Å². The molecule has 0 aliphatic rings. The minimum Gasteiger partial charge on any atom is -0.545 e. The molecule has 0 aliphatic carbocycles. The van der Waals surface area contributed by atoms with Gasteiger partial charge < -0.3 is 19.1 Å². The Bertz CT molecular complexity index is 369. The van der Waals surface area contributed by atoms with E-state index >= 15 is 0 Å². The Morgan fingerprint density at radius 1 is 1.38 bits per heavy atom. The van der Waals surface area contributed by atoms with Crippen molar-refractivity contribution in [1.82, 2.24) is 0 Å². The van der Waals surface area contributed by atoms with E-state index in [4.69, 9.17) is 4.74 Å². The summed E-state index contributed by atoms with van der Waals surface area (Å²) in [6.45, 7) is 1.41. The maximum Gasteiger partial charge on any atom is 0.137 e. The Labute approximate surface area is 95.7 Å². The normalized spacial score (nSPS) is 11.2. The molecule has 1 aromatic carbocycles. The number of carbonyl (C=O) groups excluding carboxylic acids is 1. The minimum absolute atomic E-state index is 0.141. The highest BCUT2D eigenvalue weighted by molar-refractivity contribution is 5.86. The number of hydrogen-bond acceptors (Lipinski definition) is 3. The van der Waals surface area contributed by atoms with Gasteiger partial charge in [0, 0.05) is 5.56 Å². The monoisotopic (exact) mass is 223 g/mol. The zero-order valence-corrected chi connectivity index (χ0v) is 9.90. The van der Waals surface area contributed by atoms with Crippen LogP contribution in [-0.4, -0.2) is 44.7 Å². The molecule has 0 spiro atoms. The van der Waals surface area contributed by atoms with E-state index in [1.165, 1.54) is 12.1 Å². The van der Waals surface area contributed by atoms with Gasteiger partial charge in [0.2, 0.25) is 0 Å². The van der Waals surface area contributed by atoms with Gasteiger partial charge in [-0.05, 0) is 12.1 Å².